The van der Waals surface area contributed by atoms with E-state index < -0.39 is 10.7 Å². The lowest BCUT2D eigenvalue weighted by Crippen LogP contribution is -2.38. The van der Waals surface area contributed by atoms with E-state index in [4.69, 9.17) is 5.73 Å². The first-order chi connectivity index (χ1) is 17.7. The minimum atomic E-state index is -0.506. The Kier molecular flexibility index (Phi) is 9.26. The van der Waals surface area contributed by atoms with Crippen molar-refractivity contribution in [2.75, 3.05) is 41.7 Å². The van der Waals surface area contributed by atoms with Crippen LogP contribution in [0.25, 0.3) is 0 Å². The van der Waals surface area contributed by atoms with E-state index >= 15 is 0 Å². The van der Waals surface area contributed by atoms with Crippen molar-refractivity contribution in [3.05, 3.63) is 58.1 Å². The molecule has 2 N–H and O–H groups in total. The van der Waals surface area contributed by atoms with E-state index in [2.05, 4.69) is 46.4 Å². The number of nitrogen functional groups attached to an aromatic ring is 1. The second-order valence-electron chi connectivity index (χ2n) is 12.8. The number of anilines is 3. The van der Waals surface area contributed by atoms with Crippen LogP contribution in [-0.4, -0.2) is 31.1 Å². The van der Waals surface area contributed by atoms with Crippen LogP contribution in [-0.2, 0) is 0 Å². The van der Waals surface area contributed by atoms with Gasteiger partial charge in [0.1, 0.15) is 5.82 Å². The topological polar surface area (TPSA) is 75.6 Å². The number of benzene rings is 2. The summed E-state index contributed by atoms with van der Waals surface area (Å²) in [6.45, 7) is 16.6. The van der Waals surface area contributed by atoms with Crippen LogP contribution in [0.15, 0.2) is 36.4 Å². The second kappa shape index (κ2) is 11.9. The molecule has 0 atom stereocenters. The van der Waals surface area contributed by atoms with Crippen molar-refractivity contribution >= 4 is 22.7 Å². The van der Waals surface area contributed by atoms with Crippen LogP contribution in [0.5, 0.6) is 0 Å². The number of hydrogen-bond acceptors (Lipinski definition) is 5. The quantitative estimate of drug-likeness (QED) is 0.250. The molecule has 4 rings (SSSR count). The molecule has 2 aromatic rings. The third kappa shape index (κ3) is 7.14. The van der Waals surface area contributed by atoms with E-state index in [0.717, 1.165) is 38.8 Å². The number of nitro benzene ring substituents is 1. The Morgan fingerprint density at radius 1 is 0.763 bits per heavy atom. The first kappa shape index (κ1) is 29.7. The highest BCUT2D eigenvalue weighted by atomic mass is 19.1. The predicted molar refractivity (Wildman–Crippen MR) is 153 cm³/mol. The molecule has 210 valence electrons. The van der Waals surface area contributed by atoms with Crippen molar-refractivity contribution in [3.63, 3.8) is 0 Å². The van der Waals surface area contributed by atoms with Crippen LogP contribution in [0.3, 0.4) is 0 Å². The van der Waals surface area contributed by atoms with Gasteiger partial charge in [0.05, 0.1) is 16.3 Å². The zero-order valence-corrected chi connectivity index (χ0v) is 23.8. The molecule has 6 nitrogen and oxygen atoms in total. The van der Waals surface area contributed by atoms with Gasteiger partial charge >= 0.3 is 0 Å². The molecule has 2 heterocycles. The molecule has 2 aliphatic rings. The maximum Gasteiger partial charge on any atom is 0.295 e. The van der Waals surface area contributed by atoms with Crippen molar-refractivity contribution in [2.24, 2.45) is 22.7 Å². The van der Waals surface area contributed by atoms with Gasteiger partial charge in [-0.25, -0.2) is 8.78 Å². The number of nitrogens with two attached hydrogens (primary N) is 1. The summed E-state index contributed by atoms with van der Waals surface area (Å²) in [6.07, 6.45) is 4.10. The number of para-hydroxylation sites is 2. The van der Waals surface area contributed by atoms with Gasteiger partial charge in [0, 0.05) is 32.2 Å². The first-order valence-electron chi connectivity index (χ1n) is 13.7. The van der Waals surface area contributed by atoms with Gasteiger partial charge in [-0.15, -0.1) is 0 Å². The number of piperidine rings is 2. The number of hydrogen-bond donors (Lipinski definition) is 1. The number of halogens is 2. The fourth-order valence-electron chi connectivity index (χ4n) is 5.77. The van der Waals surface area contributed by atoms with E-state index in [1.165, 1.54) is 24.3 Å². The van der Waals surface area contributed by atoms with Gasteiger partial charge in [-0.1, -0.05) is 53.7 Å². The lowest BCUT2D eigenvalue weighted by Gasteiger charge is -2.40. The summed E-state index contributed by atoms with van der Waals surface area (Å²) in [4.78, 5) is 14.5. The highest BCUT2D eigenvalue weighted by Crippen LogP contribution is 2.39. The zero-order chi connectivity index (χ0) is 28.3. The summed E-state index contributed by atoms with van der Waals surface area (Å²) in [6, 6.07) is 8.97. The molecule has 0 aromatic heterocycles. The normalized spacial score (nSPS) is 17.7. The smallest absolute Gasteiger partial charge is 0.295 e. The lowest BCUT2D eigenvalue weighted by molar-refractivity contribution is -0.384. The van der Waals surface area contributed by atoms with Crippen molar-refractivity contribution in [2.45, 2.75) is 67.2 Å². The molecule has 8 heteroatoms. The molecule has 0 unspecified atom stereocenters. The van der Waals surface area contributed by atoms with Gasteiger partial charge in [0.15, 0.2) is 11.5 Å². The molecular weight excluding hydrogens is 486 g/mol. The molecule has 2 aromatic carbocycles. The van der Waals surface area contributed by atoms with E-state index in [9.17, 15) is 18.9 Å². The Bertz CT molecular complexity index is 1070. The summed E-state index contributed by atoms with van der Waals surface area (Å²) < 4.78 is 27.8. The van der Waals surface area contributed by atoms with Crippen LogP contribution in [0.1, 0.15) is 67.2 Å². The monoisotopic (exact) mass is 530 g/mol. The average Bonchev–Trinajstić information content (AvgIpc) is 2.83. The summed E-state index contributed by atoms with van der Waals surface area (Å²) in [5.41, 5.74) is 7.60. The predicted octanol–water partition coefficient (Wildman–Crippen LogP) is 7.67. The molecule has 0 amide bonds. The SMILES string of the molecule is CC(C)(C)C1CCN(c2c(F)cccc2[N+](=O)[O-])CC1.CC(C)(C)C1CCN(c2c(N)cccc2F)CC1. The van der Waals surface area contributed by atoms with Crippen molar-refractivity contribution < 1.29 is 13.7 Å². The third-order valence-electron chi connectivity index (χ3n) is 8.25. The van der Waals surface area contributed by atoms with Gasteiger partial charge in [-0.05, 0) is 66.5 Å². The molecule has 2 saturated heterocycles. The summed E-state index contributed by atoms with van der Waals surface area (Å²) in [7, 11) is 0. The van der Waals surface area contributed by atoms with Crippen LogP contribution in [0, 0.1) is 44.4 Å². The lowest BCUT2D eigenvalue weighted by atomic mass is 9.75. The molecule has 0 spiro atoms. The van der Waals surface area contributed by atoms with Gasteiger partial charge in [0.2, 0.25) is 0 Å². The van der Waals surface area contributed by atoms with Crippen molar-refractivity contribution in [1.29, 1.82) is 0 Å². The molecule has 0 saturated carbocycles. The Morgan fingerprint density at radius 3 is 1.55 bits per heavy atom. The van der Waals surface area contributed by atoms with Gasteiger partial charge < -0.3 is 15.5 Å². The Morgan fingerprint density at radius 2 is 1.16 bits per heavy atom. The number of nitrogens with zero attached hydrogens (tertiary/aromatic N) is 3. The highest BCUT2D eigenvalue weighted by Gasteiger charge is 2.32. The summed E-state index contributed by atoms with van der Waals surface area (Å²) in [5, 5.41) is 11.1. The van der Waals surface area contributed by atoms with Crippen LogP contribution >= 0.6 is 0 Å². The Balaban J connectivity index is 0.000000212. The molecule has 2 fully saturated rings. The van der Waals surface area contributed by atoms with E-state index in [-0.39, 0.29) is 22.6 Å². The molecule has 38 heavy (non-hydrogen) atoms. The molecule has 2 aliphatic heterocycles. The molecular formula is C30H44F2N4O2. The maximum absolute atomic E-state index is 14.0. The van der Waals surface area contributed by atoms with Gasteiger partial charge in [-0.3, -0.25) is 10.1 Å². The molecule has 0 bridgehead atoms. The second-order valence-corrected chi connectivity index (χ2v) is 12.8. The van der Waals surface area contributed by atoms with E-state index in [1.807, 2.05) is 4.90 Å². The van der Waals surface area contributed by atoms with Crippen LogP contribution in [0.2, 0.25) is 0 Å². The average molecular weight is 531 g/mol. The number of nitro groups is 1. The summed E-state index contributed by atoms with van der Waals surface area (Å²) in [5.74, 6) is 0.573. The largest absolute Gasteiger partial charge is 0.397 e. The van der Waals surface area contributed by atoms with Crippen molar-refractivity contribution in [1.82, 2.24) is 0 Å². The fourth-order valence-corrected chi connectivity index (χ4v) is 5.77. The first-order valence-corrected chi connectivity index (χ1v) is 13.7. The highest BCUT2D eigenvalue weighted by molar-refractivity contribution is 5.68. The minimum absolute atomic E-state index is 0.140. The maximum atomic E-state index is 14.0. The zero-order valence-electron chi connectivity index (χ0n) is 23.8. The third-order valence-corrected chi connectivity index (χ3v) is 8.25. The Labute approximate surface area is 226 Å². The molecule has 0 aliphatic carbocycles. The fraction of sp³-hybridized carbons (Fsp3) is 0.600. The van der Waals surface area contributed by atoms with Crippen LogP contribution in [0.4, 0.5) is 31.5 Å². The minimum Gasteiger partial charge on any atom is -0.397 e. The molecule has 0 radical (unpaired) electrons. The van der Waals surface area contributed by atoms with E-state index in [0.29, 0.717) is 41.7 Å². The van der Waals surface area contributed by atoms with Gasteiger partial charge in [-0.2, -0.15) is 0 Å². The van der Waals surface area contributed by atoms with E-state index in [1.54, 1.807) is 12.1 Å². The summed E-state index contributed by atoms with van der Waals surface area (Å²) >= 11 is 0. The van der Waals surface area contributed by atoms with Crippen LogP contribution < -0.4 is 15.5 Å². The van der Waals surface area contributed by atoms with Crippen molar-refractivity contribution in [3.8, 4) is 0 Å². The Hall–Kier alpha value is -2.90. The van der Waals surface area contributed by atoms with Gasteiger partial charge in [0.25, 0.3) is 5.69 Å². The standard InChI is InChI=1S/C15H21FN2O2.C15H23FN2/c1-15(2,3)11-7-9-17(10-8-11)14-12(16)5-4-6-13(14)18(19)20;1-15(2,3)11-7-9-18(10-8-11)14-12(16)5-4-6-13(14)17/h4-6,11H,7-10H2,1-3H3;4-6,11H,7-10,17H2,1-3H3. The number of rotatable bonds is 3.